The van der Waals surface area contributed by atoms with Crippen molar-refractivity contribution in [2.75, 3.05) is 52.9 Å². The van der Waals surface area contributed by atoms with Crippen LogP contribution in [0.3, 0.4) is 0 Å². The largest absolute Gasteiger partial charge is 0.462 e. The van der Waals surface area contributed by atoms with Crippen molar-refractivity contribution < 1.29 is 33.3 Å². The second-order valence-electron chi connectivity index (χ2n) is 4.69. The third kappa shape index (κ3) is 4.16. The number of esters is 2. The first kappa shape index (κ1) is 15.2. The van der Waals surface area contributed by atoms with Crippen molar-refractivity contribution in [2.24, 2.45) is 5.41 Å². The molecule has 1 heterocycles. The molecule has 1 spiro atoms. The Labute approximate surface area is 117 Å². The zero-order valence-electron chi connectivity index (χ0n) is 11.4. The van der Waals surface area contributed by atoms with Crippen LogP contribution in [0.1, 0.15) is 12.8 Å². The summed E-state index contributed by atoms with van der Waals surface area (Å²) in [7, 11) is 0. The number of ether oxygens (including phenoxy) is 5. The molecular formula is C13H20O7. The van der Waals surface area contributed by atoms with Crippen LogP contribution in [0.4, 0.5) is 0 Å². The molecule has 0 radical (unpaired) electrons. The summed E-state index contributed by atoms with van der Waals surface area (Å²) in [6.45, 7) is 2.66. The molecule has 0 unspecified atom stereocenters. The van der Waals surface area contributed by atoms with Crippen molar-refractivity contribution in [3.8, 4) is 0 Å². The van der Waals surface area contributed by atoms with Gasteiger partial charge in [-0.2, -0.15) is 0 Å². The number of rotatable bonds is 0. The molecule has 7 heteroatoms. The maximum atomic E-state index is 11.9. The molecule has 2 aliphatic rings. The first-order chi connectivity index (χ1) is 9.76. The van der Waals surface area contributed by atoms with Gasteiger partial charge in [-0.1, -0.05) is 0 Å². The molecule has 1 aliphatic heterocycles. The lowest BCUT2D eigenvalue weighted by atomic mass is 10.1. The highest BCUT2D eigenvalue weighted by Gasteiger charge is 2.59. The molecule has 114 valence electrons. The lowest BCUT2D eigenvalue weighted by molar-refractivity contribution is -0.166. The number of hydrogen-bond acceptors (Lipinski definition) is 7. The molecule has 0 N–H and O–H groups in total. The normalized spacial score (nSPS) is 25.8. The molecule has 0 aromatic rings. The topological polar surface area (TPSA) is 80.3 Å². The maximum Gasteiger partial charge on any atom is 0.323 e. The summed E-state index contributed by atoms with van der Waals surface area (Å²) < 4.78 is 25.8. The number of carbonyl (C=O) groups is 2. The highest BCUT2D eigenvalue weighted by Crippen LogP contribution is 2.47. The van der Waals surface area contributed by atoms with Gasteiger partial charge in [-0.05, 0) is 12.8 Å². The zero-order chi connectivity index (χ0) is 14.3. The minimum atomic E-state index is -1.08. The molecule has 0 aromatic carbocycles. The van der Waals surface area contributed by atoms with E-state index >= 15 is 0 Å². The molecule has 0 atom stereocenters. The first-order valence-corrected chi connectivity index (χ1v) is 6.83. The quantitative estimate of drug-likeness (QED) is 0.455. The molecule has 7 nitrogen and oxygen atoms in total. The van der Waals surface area contributed by atoms with Crippen LogP contribution in [0.25, 0.3) is 0 Å². The average molecular weight is 288 g/mol. The van der Waals surface area contributed by atoms with Gasteiger partial charge in [0.1, 0.15) is 13.2 Å². The molecule has 0 amide bonds. The van der Waals surface area contributed by atoms with Crippen LogP contribution < -0.4 is 0 Å². The van der Waals surface area contributed by atoms with E-state index in [1.165, 1.54) is 0 Å². The van der Waals surface area contributed by atoms with E-state index in [0.717, 1.165) is 0 Å². The Balaban J connectivity index is 1.81. The Hall–Kier alpha value is -1.18. The van der Waals surface area contributed by atoms with E-state index < -0.39 is 17.4 Å². The van der Waals surface area contributed by atoms with Gasteiger partial charge in [0.25, 0.3) is 0 Å². The Morgan fingerprint density at radius 3 is 1.30 bits per heavy atom. The van der Waals surface area contributed by atoms with Gasteiger partial charge in [-0.3, -0.25) is 9.59 Å². The number of cyclic esters (lactones) is 2. The number of carbonyl (C=O) groups excluding carboxylic acids is 2. The fourth-order valence-electron chi connectivity index (χ4n) is 1.82. The summed E-state index contributed by atoms with van der Waals surface area (Å²) in [6, 6.07) is 0. The van der Waals surface area contributed by atoms with Crippen molar-refractivity contribution in [2.45, 2.75) is 12.8 Å². The lowest BCUT2D eigenvalue weighted by Crippen LogP contribution is -2.31. The predicted octanol–water partition coefficient (Wildman–Crippen LogP) is -0.0836. The summed E-state index contributed by atoms with van der Waals surface area (Å²) >= 11 is 0. The smallest absolute Gasteiger partial charge is 0.323 e. The average Bonchev–Trinajstić information content (AvgIpc) is 3.24. The van der Waals surface area contributed by atoms with E-state index in [9.17, 15) is 9.59 Å². The van der Waals surface area contributed by atoms with Crippen LogP contribution in [0.5, 0.6) is 0 Å². The van der Waals surface area contributed by atoms with Crippen LogP contribution in [-0.4, -0.2) is 64.8 Å². The maximum absolute atomic E-state index is 11.9. The van der Waals surface area contributed by atoms with Crippen molar-refractivity contribution in [3.05, 3.63) is 0 Å². The highest BCUT2D eigenvalue weighted by atomic mass is 16.6. The monoisotopic (exact) mass is 288 g/mol. The molecule has 20 heavy (non-hydrogen) atoms. The van der Waals surface area contributed by atoms with Crippen LogP contribution in [0, 0.1) is 5.41 Å². The Morgan fingerprint density at radius 1 is 0.600 bits per heavy atom. The lowest BCUT2D eigenvalue weighted by Gasteiger charge is -2.15. The van der Waals surface area contributed by atoms with Crippen LogP contribution >= 0.6 is 0 Å². The van der Waals surface area contributed by atoms with Gasteiger partial charge in [-0.25, -0.2) is 0 Å². The van der Waals surface area contributed by atoms with Gasteiger partial charge >= 0.3 is 11.9 Å². The second kappa shape index (κ2) is 7.56. The summed E-state index contributed by atoms with van der Waals surface area (Å²) in [5.74, 6) is -1.04. The summed E-state index contributed by atoms with van der Waals surface area (Å²) in [6.07, 6.45) is 0.973. The molecule has 0 aromatic heterocycles. The van der Waals surface area contributed by atoms with Crippen molar-refractivity contribution in [1.82, 2.24) is 0 Å². The summed E-state index contributed by atoms with van der Waals surface area (Å²) in [5.41, 5.74) is -1.08. The first-order valence-electron chi connectivity index (χ1n) is 6.83. The van der Waals surface area contributed by atoms with Gasteiger partial charge in [0.15, 0.2) is 5.41 Å². The van der Waals surface area contributed by atoms with E-state index in [1.54, 1.807) is 0 Å². The minimum absolute atomic E-state index is 0.136. The predicted molar refractivity (Wildman–Crippen MR) is 66.0 cm³/mol. The van der Waals surface area contributed by atoms with Crippen LogP contribution in [-0.2, 0) is 33.3 Å². The van der Waals surface area contributed by atoms with Gasteiger partial charge in [0, 0.05) is 0 Å². The summed E-state index contributed by atoms with van der Waals surface area (Å²) in [5, 5.41) is 0. The van der Waals surface area contributed by atoms with Gasteiger partial charge in [0.05, 0.1) is 39.6 Å². The third-order valence-corrected chi connectivity index (χ3v) is 3.20. The SMILES string of the molecule is O=C1OCCOCCOCCOCCOC(=O)C12CC2. The van der Waals surface area contributed by atoms with E-state index in [4.69, 9.17) is 23.7 Å². The Bertz CT molecular complexity index is 310. The van der Waals surface area contributed by atoms with Gasteiger partial charge in [0.2, 0.25) is 0 Å². The van der Waals surface area contributed by atoms with Crippen molar-refractivity contribution >= 4 is 11.9 Å². The fourth-order valence-corrected chi connectivity index (χ4v) is 1.82. The Morgan fingerprint density at radius 2 is 0.950 bits per heavy atom. The Kier molecular flexibility index (Phi) is 5.75. The highest BCUT2D eigenvalue weighted by molar-refractivity contribution is 6.03. The van der Waals surface area contributed by atoms with Crippen LogP contribution in [0.15, 0.2) is 0 Å². The summed E-state index contributed by atoms with van der Waals surface area (Å²) in [4.78, 5) is 23.7. The van der Waals surface area contributed by atoms with E-state index in [1.807, 2.05) is 0 Å². The van der Waals surface area contributed by atoms with Crippen LogP contribution in [0.2, 0.25) is 0 Å². The molecule has 1 saturated heterocycles. The number of hydrogen-bond donors (Lipinski definition) is 0. The molecule has 2 rings (SSSR count). The molecular weight excluding hydrogens is 268 g/mol. The fraction of sp³-hybridized carbons (Fsp3) is 0.846. The molecule has 2 fully saturated rings. The van der Waals surface area contributed by atoms with Gasteiger partial charge < -0.3 is 23.7 Å². The molecule has 0 bridgehead atoms. The van der Waals surface area contributed by atoms with Crippen molar-refractivity contribution in [3.63, 3.8) is 0 Å². The minimum Gasteiger partial charge on any atom is -0.462 e. The molecule has 1 aliphatic carbocycles. The van der Waals surface area contributed by atoms with E-state index in [0.29, 0.717) is 39.3 Å². The second-order valence-corrected chi connectivity index (χ2v) is 4.69. The standard InChI is InChI=1S/C13H20O7/c14-11-13(1-2-13)12(15)20-10-8-18-6-4-16-3-5-17-7-9-19-11/h1-10H2. The van der Waals surface area contributed by atoms with Crippen molar-refractivity contribution in [1.29, 1.82) is 0 Å². The van der Waals surface area contributed by atoms with E-state index in [2.05, 4.69) is 0 Å². The van der Waals surface area contributed by atoms with E-state index in [-0.39, 0.29) is 26.4 Å². The molecule has 1 saturated carbocycles. The zero-order valence-corrected chi connectivity index (χ0v) is 11.4. The van der Waals surface area contributed by atoms with Gasteiger partial charge in [-0.15, -0.1) is 0 Å². The third-order valence-electron chi connectivity index (χ3n) is 3.20.